The summed E-state index contributed by atoms with van der Waals surface area (Å²) in [6, 6.07) is 10.7. The van der Waals surface area contributed by atoms with Gasteiger partial charge in [-0.15, -0.1) is 11.8 Å². The van der Waals surface area contributed by atoms with E-state index in [0.717, 1.165) is 12.3 Å². The third-order valence-electron chi connectivity index (χ3n) is 4.88. The van der Waals surface area contributed by atoms with Crippen molar-refractivity contribution in [3.63, 3.8) is 0 Å². The lowest BCUT2D eigenvalue weighted by Gasteiger charge is -2.21. The Balaban J connectivity index is 1.73. The summed E-state index contributed by atoms with van der Waals surface area (Å²) in [5.41, 5.74) is -0.326. The summed E-state index contributed by atoms with van der Waals surface area (Å²) < 4.78 is 71.6. The second-order valence-corrected chi connectivity index (χ2v) is 8.61. The minimum Gasteiger partial charge on any atom is -0.437 e. The number of rotatable bonds is 7. The van der Waals surface area contributed by atoms with Crippen LogP contribution in [-0.2, 0) is 6.54 Å². The minimum absolute atomic E-state index is 0.148. The van der Waals surface area contributed by atoms with E-state index in [0.29, 0.717) is 38.2 Å². The average Bonchev–Trinajstić information content (AvgIpc) is 2.81. The van der Waals surface area contributed by atoms with Crippen molar-refractivity contribution in [1.82, 2.24) is 19.5 Å². The molecule has 0 atom stereocenters. The maximum absolute atomic E-state index is 13.7. The van der Waals surface area contributed by atoms with E-state index in [9.17, 15) is 26.7 Å². The molecule has 182 valence electrons. The molecule has 12 heteroatoms. The van der Waals surface area contributed by atoms with Gasteiger partial charge in [-0.1, -0.05) is 13.0 Å². The number of pyridine rings is 4. The van der Waals surface area contributed by atoms with E-state index in [1.54, 1.807) is 30.5 Å². The average molecular weight is 508 g/mol. The Morgan fingerprint density at radius 3 is 2.49 bits per heavy atom. The zero-order valence-electron chi connectivity index (χ0n) is 18.1. The second-order valence-electron chi connectivity index (χ2n) is 7.31. The Morgan fingerprint density at radius 2 is 1.80 bits per heavy atom. The number of halogens is 5. The predicted octanol–water partition coefficient (Wildman–Crippen LogP) is 5.96. The third-order valence-corrected chi connectivity index (χ3v) is 5.79. The SMILES string of the molecule is CCSc1cc(Oc2ccccn2)cnc1-c1cc2ccc(=O)n(CC(F)(F)C(F)(F)F)c2cn1. The smallest absolute Gasteiger partial charge is 0.437 e. The van der Waals surface area contributed by atoms with Crippen LogP contribution in [0.1, 0.15) is 6.92 Å². The van der Waals surface area contributed by atoms with Crippen molar-refractivity contribution in [1.29, 1.82) is 0 Å². The summed E-state index contributed by atoms with van der Waals surface area (Å²) in [6.07, 6.45) is -1.64. The molecule has 35 heavy (non-hydrogen) atoms. The van der Waals surface area contributed by atoms with Crippen LogP contribution >= 0.6 is 11.8 Å². The van der Waals surface area contributed by atoms with Gasteiger partial charge in [0.1, 0.15) is 11.4 Å². The fraction of sp³-hybridized carbons (Fsp3) is 0.217. The predicted molar refractivity (Wildman–Crippen MR) is 121 cm³/mol. The Labute approximate surface area is 199 Å². The standard InChI is InChI=1S/C23H17F5N4O2S/c1-2-35-18-10-15(34-19-5-3-4-8-29-19)11-31-21(18)16-9-14-6-7-20(33)32(17(14)12-30-16)13-22(24,25)23(26,27)28/h3-12H,2,13H2,1H3. The number of fused-ring (bicyclic) bond motifs is 1. The van der Waals surface area contributed by atoms with Gasteiger partial charge in [-0.05, 0) is 30.0 Å². The number of thioether (sulfide) groups is 1. The van der Waals surface area contributed by atoms with E-state index in [1.165, 1.54) is 30.1 Å². The fourth-order valence-electron chi connectivity index (χ4n) is 3.24. The van der Waals surface area contributed by atoms with E-state index in [1.807, 2.05) is 6.92 Å². The molecule has 0 radical (unpaired) electrons. The van der Waals surface area contributed by atoms with Crippen molar-refractivity contribution in [3.8, 4) is 23.0 Å². The van der Waals surface area contributed by atoms with Crippen LogP contribution in [0.4, 0.5) is 22.0 Å². The molecule has 0 aliphatic heterocycles. The summed E-state index contributed by atoms with van der Waals surface area (Å²) in [4.78, 5) is 25.6. The van der Waals surface area contributed by atoms with Gasteiger partial charge < -0.3 is 9.30 Å². The van der Waals surface area contributed by atoms with Gasteiger partial charge in [0.15, 0.2) is 0 Å². The molecule has 0 unspecified atom stereocenters. The highest BCUT2D eigenvalue weighted by Gasteiger charge is 2.57. The lowest BCUT2D eigenvalue weighted by Crippen LogP contribution is -2.42. The Hall–Kier alpha value is -3.54. The van der Waals surface area contributed by atoms with E-state index in [4.69, 9.17) is 4.74 Å². The van der Waals surface area contributed by atoms with Gasteiger partial charge in [0.05, 0.1) is 30.1 Å². The van der Waals surface area contributed by atoms with Crippen molar-refractivity contribution in [2.24, 2.45) is 0 Å². The lowest BCUT2D eigenvalue weighted by atomic mass is 10.1. The Bertz CT molecular complexity index is 1410. The number of hydrogen-bond donors (Lipinski definition) is 0. The van der Waals surface area contributed by atoms with Gasteiger partial charge in [0, 0.05) is 28.6 Å². The molecule has 4 aromatic rings. The number of hydrogen-bond acceptors (Lipinski definition) is 6. The highest BCUT2D eigenvalue weighted by molar-refractivity contribution is 7.99. The zero-order chi connectivity index (χ0) is 25.2. The molecule has 0 saturated heterocycles. The highest BCUT2D eigenvalue weighted by atomic mass is 32.2. The van der Waals surface area contributed by atoms with Gasteiger partial charge >= 0.3 is 12.1 Å². The molecule has 0 saturated carbocycles. The molecular weight excluding hydrogens is 491 g/mol. The molecule has 4 aromatic heterocycles. The number of alkyl halides is 5. The van der Waals surface area contributed by atoms with Gasteiger partial charge in [-0.3, -0.25) is 9.78 Å². The van der Waals surface area contributed by atoms with Crippen LogP contribution in [0.15, 0.2) is 70.7 Å². The maximum atomic E-state index is 13.7. The van der Waals surface area contributed by atoms with Crippen LogP contribution in [0, 0.1) is 0 Å². The van der Waals surface area contributed by atoms with Crippen LogP contribution in [0.5, 0.6) is 11.6 Å². The quantitative estimate of drug-likeness (QED) is 0.227. The number of aromatic nitrogens is 4. The second kappa shape index (κ2) is 9.61. The lowest BCUT2D eigenvalue weighted by molar-refractivity contribution is -0.286. The first kappa shape index (κ1) is 24.6. The first-order valence-corrected chi connectivity index (χ1v) is 11.2. The zero-order valence-corrected chi connectivity index (χ0v) is 18.9. The highest BCUT2D eigenvalue weighted by Crippen LogP contribution is 2.37. The van der Waals surface area contributed by atoms with Crippen LogP contribution in [-0.4, -0.2) is 37.4 Å². The monoisotopic (exact) mass is 508 g/mol. The van der Waals surface area contributed by atoms with Crippen molar-refractivity contribution in [2.45, 2.75) is 30.5 Å². The van der Waals surface area contributed by atoms with Crippen molar-refractivity contribution >= 4 is 22.7 Å². The molecule has 0 spiro atoms. The van der Waals surface area contributed by atoms with Gasteiger partial charge in [-0.2, -0.15) is 22.0 Å². The third kappa shape index (κ3) is 5.26. The molecule has 0 fully saturated rings. The van der Waals surface area contributed by atoms with Crippen molar-refractivity contribution in [3.05, 3.63) is 71.4 Å². The summed E-state index contributed by atoms with van der Waals surface area (Å²) in [5, 5.41) is 0.260. The topological polar surface area (TPSA) is 69.9 Å². The first-order chi connectivity index (χ1) is 16.6. The van der Waals surface area contributed by atoms with Gasteiger partial charge in [-0.25, -0.2) is 9.97 Å². The summed E-state index contributed by atoms with van der Waals surface area (Å²) in [6.45, 7) is 0.0938. The van der Waals surface area contributed by atoms with Crippen LogP contribution in [0.2, 0.25) is 0 Å². The molecular formula is C23H17F5N4O2S. The van der Waals surface area contributed by atoms with Gasteiger partial charge in [0.25, 0.3) is 5.56 Å². The molecule has 0 aliphatic carbocycles. The van der Waals surface area contributed by atoms with Crippen molar-refractivity contribution in [2.75, 3.05) is 5.75 Å². The largest absolute Gasteiger partial charge is 0.455 e. The van der Waals surface area contributed by atoms with Crippen LogP contribution in [0.25, 0.3) is 22.3 Å². The molecule has 6 nitrogen and oxygen atoms in total. The molecule has 0 aromatic carbocycles. The molecule has 0 amide bonds. The summed E-state index contributed by atoms with van der Waals surface area (Å²) >= 11 is 1.46. The van der Waals surface area contributed by atoms with E-state index in [-0.39, 0.29) is 10.9 Å². The van der Waals surface area contributed by atoms with Crippen molar-refractivity contribution < 1.29 is 26.7 Å². The fourth-order valence-corrected chi connectivity index (χ4v) is 4.05. The summed E-state index contributed by atoms with van der Waals surface area (Å²) in [7, 11) is 0. The maximum Gasteiger partial charge on any atom is 0.455 e. The number of ether oxygens (including phenoxy) is 1. The molecule has 0 aliphatic rings. The Kier molecular flexibility index (Phi) is 6.75. The van der Waals surface area contributed by atoms with E-state index < -0.39 is 24.2 Å². The number of nitrogens with zero attached hydrogens (tertiary/aromatic N) is 4. The van der Waals surface area contributed by atoms with Gasteiger partial charge in [0.2, 0.25) is 5.88 Å². The first-order valence-electron chi connectivity index (χ1n) is 10.3. The Morgan fingerprint density at radius 1 is 1.00 bits per heavy atom. The van der Waals surface area contributed by atoms with E-state index >= 15 is 0 Å². The van der Waals surface area contributed by atoms with Crippen LogP contribution < -0.4 is 10.3 Å². The molecule has 4 rings (SSSR count). The molecule has 4 heterocycles. The molecule has 0 N–H and O–H groups in total. The van der Waals surface area contributed by atoms with E-state index in [2.05, 4.69) is 15.0 Å². The minimum atomic E-state index is -5.79. The normalized spacial score (nSPS) is 12.2. The summed E-state index contributed by atoms with van der Waals surface area (Å²) in [5.74, 6) is -3.57. The van der Waals surface area contributed by atoms with Crippen LogP contribution in [0.3, 0.4) is 0 Å². The molecule has 0 bridgehead atoms.